The van der Waals surface area contributed by atoms with E-state index >= 15 is 0 Å². The summed E-state index contributed by atoms with van der Waals surface area (Å²) in [6.45, 7) is 1.40. The van der Waals surface area contributed by atoms with Gasteiger partial charge in [-0.3, -0.25) is 14.4 Å². The number of fused-ring (bicyclic) bond motifs is 1. The van der Waals surface area contributed by atoms with Crippen LogP contribution in [-0.4, -0.2) is 35.3 Å². The molecule has 8 nitrogen and oxygen atoms in total. The Morgan fingerprint density at radius 2 is 1.93 bits per heavy atom. The molecule has 28 heavy (non-hydrogen) atoms. The maximum Gasteiger partial charge on any atom is 0.243 e. The molecule has 0 fully saturated rings. The number of hydrogen-bond donors (Lipinski definition) is 4. The van der Waals surface area contributed by atoms with E-state index in [0.29, 0.717) is 12.2 Å². The van der Waals surface area contributed by atoms with E-state index in [9.17, 15) is 14.4 Å². The zero-order chi connectivity index (χ0) is 19.9. The summed E-state index contributed by atoms with van der Waals surface area (Å²) in [6.07, 6.45) is 3.65. The van der Waals surface area contributed by atoms with Gasteiger partial charge < -0.3 is 25.4 Å². The second-order valence-corrected chi connectivity index (χ2v) is 6.39. The van der Waals surface area contributed by atoms with Crippen molar-refractivity contribution in [2.24, 2.45) is 0 Å². The predicted octanol–water partition coefficient (Wildman–Crippen LogP) is 1.24. The number of aromatic amines is 1. The van der Waals surface area contributed by atoms with Crippen LogP contribution in [0, 0.1) is 0 Å². The fourth-order valence-electron chi connectivity index (χ4n) is 2.93. The summed E-state index contributed by atoms with van der Waals surface area (Å²) >= 11 is 0. The molecule has 4 N–H and O–H groups in total. The van der Waals surface area contributed by atoms with Crippen LogP contribution in [0.2, 0.25) is 0 Å². The Labute approximate surface area is 161 Å². The van der Waals surface area contributed by atoms with Crippen molar-refractivity contribution in [1.82, 2.24) is 20.9 Å². The molecule has 8 heteroatoms. The molecule has 3 amide bonds. The highest BCUT2D eigenvalue weighted by Crippen LogP contribution is 2.19. The molecule has 1 aromatic carbocycles. The first-order valence-electron chi connectivity index (χ1n) is 8.92. The van der Waals surface area contributed by atoms with E-state index < -0.39 is 11.9 Å². The maximum absolute atomic E-state index is 12.5. The molecule has 3 aromatic rings. The van der Waals surface area contributed by atoms with Crippen LogP contribution >= 0.6 is 0 Å². The molecule has 0 radical (unpaired) electrons. The van der Waals surface area contributed by atoms with Gasteiger partial charge in [-0.15, -0.1) is 0 Å². The van der Waals surface area contributed by atoms with E-state index in [0.717, 1.165) is 16.5 Å². The number of para-hydroxylation sites is 1. The molecule has 1 atom stereocenters. The van der Waals surface area contributed by atoms with Crippen molar-refractivity contribution in [1.29, 1.82) is 0 Å². The smallest absolute Gasteiger partial charge is 0.243 e. The zero-order valence-corrected chi connectivity index (χ0v) is 15.5. The molecule has 0 saturated carbocycles. The van der Waals surface area contributed by atoms with Crippen molar-refractivity contribution in [2.75, 3.05) is 6.54 Å². The molecule has 0 saturated heterocycles. The molecule has 1 unspecified atom stereocenters. The summed E-state index contributed by atoms with van der Waals surface area (Å²) in [5.74, 6) is -0.468. The van der Waals surface area contributed by atoms with Crippen LogP contribution in [0.1, 0.15) is 18.2 Å². The van der Waals surface area contributed by atoms with Gasteiger partial charge in [0.1, 0.15) is 11.8 Å². The van der Waals surface area contributed by atoms with Gasteiger partial charge in [-0.1, -0.05) is 18.2 Å². The average molecular weight is 382 g/mol. The number of carbonyl (C=O) groups is 3. The first kappa shape index (κ1) is 19.2. The summed E-state index contributed by atoms with van der Waals surface area (Å²) in [5.41, 5.74) is 1.86. The first-order chi connectivity index (χ1) is 13.5. The monoisotopic (exact) mass is 382 g/mol. The van der Waals surface area contributed by atoms with Crippen molar-refractivity contribution in [2.45, 2.75) is 25.9 Å². The summed E-state index contributed by atoms with van der Waals surface area (Å²) in [7, 11) is 0. The number of H-pyrrole nitrogens is 1. The quantitative estimate of drug-likeness (QED) is 0.469. The average Bonchev–Trinajstić information content (AvgIpc) is 3.34. The van der Waals surface area contributed by atoms with Gasteiger partial charge in [0, 0.05) is 30.4 Å². The topological polar surface area (TPSA) is 116 Å². The predicted molar refractivity (Wildman–Crippen MR) is 103 cm³/mol. The lowest BCUT2D eigenvalue weighted by Gasteiger charge is -2.17. The van der Waals surface area contributed by atoms with Crippen LogP contribution in [0.5, 0.6) is 0 Å². The van der Waals surface area contributed by atoms with Gasteiger partial charge in [-0.25, -0.2) is 0 Å². The van der Waals surface area contributed by atoms with Gasteiger partial charge in [0.2, 0.25) is 17.7 Å². The Bertz CT molecular complexity index is 962. The van der Waals surface area contributed by atoms with Crippen LogP contribution in [-0.2, 0) is 27.3 Å². The Kier molecular flexibility index (Phi) is 6.11. The number of rotatable bonds is 8. The highest BCUT2D eigenvalue weighted by atomic mass is 16.3. The largest absolute Gasteiger partial charge is 0.467 e. The molecule has 0 aliphatic carbocycles. The number of carbonyl (C=O) groups excluding carboxylic acids is 3. The molecule has 0 aliphatic heterocycles. The lowest BCUT2D eigenvalue weighted by atomic mass is 10.0. The molecular formula is C20H22N4O4. The first-order valence-corrected chi connectivity index (χ1v) is 8.92. The Hall–Kier alpha value is -3.55. The standard InChI is InChI=1S/C20H22N4O4/c1-13(25)24-18(9-14-10-21-17-7-3-2-6-16(14)17)20(27)23-12-19(26)22-11-15-5-4-8-28-15/h2-8,10,18,21H,9,11-12H2,1H3,(H,22,26)(H,23,27)(H,24,25). The van der Waals surface area contributed by atoms with E-state index in [4.69, 9.17) is 4.42 Å². The van der Waals surface area contributed by atoms with Crippen molar-refractivity contribution < 1.29 is 18.8 Å². The van der Waals surface area contributed by atoms with E-state index in [2.05, 4.69) is 20.9 Å². The molecule has 146 valence electrons. The van der Waals surface area contributed by atoms with Gasteiger partial charge in [0.15, 0.2) is 0 Å². The normalized spacial score (nSPS) is 11.8. The summed E-state index contributed by atoms with van der Waals surface area (Å²) < 4.78 is 5.13. The second-order valence-electron chi connectivity index (χ2n) is 6.39. The number of benzene rings is 1. The van der Waals surface area contributed by atoms with Crippen LogP contribution in [0.25, 0.3) is 10.9 Å². The van der Waals surface area contributed by atoms with Crippen LogP contribution in [0.15, 0.2) is 53.3 Å². The van der Waals surface area contributed by atoms with Crippen LogP contribution in [0.3, 0.4) is 0 Å². The van der Waals surface area contributed by atoms with Crippen LogP contribution < -0.4 is 16.0 Å². The third-order valence-electron chi connectivity index (χ3n) is 4.26. The van der Waals surface area contributed by atoms with Crippen LogP contribution in [0.4, 0.5) is 0 Å². The number of hydrogen-bond acceptors (Lipinski definition) is 4. The molecular weight excluding hydrogens is 360 g/mol. The van der Waals surface area contributed by atoms with E-state index in [1.54, 1.807) is 12.1 Å². The van der Waals surface area contributed by atoms with E-state index in [1.165, 1.54) is 13.2 Å². The van der Waals surface area contributed by atoms with E-state index in [-0.39, 0.29) is 24.9 Å². The summed E-state index contributed by atoms with van der Waals surface area (Å²) in [5, 5.41) is 8.86. The minimum absolute atomic E-state index is 0.191. The van der Waals surface area contributed by atoms with Gasteiger partial charge in [-0.05, 0) is 23.8 Å². The lowest BCUT2D eigenvalue weighted by molar-refractivity contribution is -0.129. The van der Waals surface area contributed by atoms with Gasteiger partial charge >= 0.3 is 0 Å². The van der Waals surface area contributed by atoms with E-state index in [1.807, 2.05) is 30.5 Å². The van der Waals surface area contributed by atoms with Gasteiger partial charge in [0.05, 0.1) is 19.4 Å². The van der Waals surface area contributed by atoms with Crippen molar-refractivity contribution >= 4 is 28.6 Å². The minimum Gasteiger partial charge on any atom is -0.467 e. The Balaban J connectivity index is 1.58. The Morgan fingerprint density at radius 1 is 1.11 bits per heavy atom. The number of amides is 3. The lowest BCUT2D eigenvalue weighted by Crippen LogP contribution is -2.49. The number of nitrogens with one attached hydrogen (secondary N) is 4. The fourth-order valence-corrected chi connectivity index (χ4v) is 2.93. The third-order valence-corrected chi connectivity index (χ3v) is 4.26. The van der Waals surface area contributed by atoms with Crippen molar-refractivity contribution in [3.8, 4) is 0 Å². The van der Waals surface area contributed by atoms with Crippen molar-refractivity contribution in [3.63, 3.8) is 0 Å². The van der Waals surface area contributed by atoms with Gasteiger partial charge in [-0.2, -0.15) is 0 Å². The highest BCUT2D eigenvalue weighted by molar-refractivity contribution is 5.91. The second kappa shape index (κ2) is 8.90. The minimum atomic E-state index is -0.783. The molecule has 3 rings (SSSR count). The SMILES string of the molecule is CC(=O)NC(Cc1c[nH]c2ccccc12)C(=O)NCC(=O)NCc1ccco1. The molecule has 0 bridgehead atoms. The Morgan fingerprint density at radius 3 is 2.68 bits per heavy atom. The fraction of sp³-hybridized carbons (Fsp3) is 0.250. The highest BCUT2D eigenvalue weighted by Gasteiger charge is 2.22. The summed E-state index contributed by atoms with van der Waals surface area (Å²) in [4.78, 5) is 39.1. The molecule has 2 aromatic heterocycles. The number of aromatic nitrogens is 1. The van der Waals surface area contributed by atoms with Crippen molar-refractivity contribution in [3.05, 3.63) is 60.2 Å². The number of furan rings is 1. The molecule has 0 spiro atoms. The van der Waals surface area contributed by atoms with Gasteiger partial charge in [0.25, 0.3) is 0 Å². The maximum atomic E-state index is 12.5. The zero-order valence-electron chi connectivity index (χ0n) is 15.5. The summed E-state index contributed by atoms with van der Waals surface area (Å²) in [6, 6.07) is 10.4. The third kappa shape index (κ3) is 5.00. The molecule has 2 heterocycles. The molecule has 0 aliphatic rings.